The van der Waals surface area contributed by atoms with Gasteiger partial charge >= 0.3 is 0 Å². The fourth-order valence-electron chi connectivity index (χ4n) is 4.93. The number of hydrogen-bond donors (Lipinski definition) is 1. The third-order valence-corrected chi connectivity index (χ3v) is 7.44. The molecule has 0 unspecified atom stereocenters. The molecule has 4 heterocycles. The Hall–Kier alpha value is -4.50. The number of halogens is 1. The van der Waals surface area contributed by atoms with Crippen molar-refractivity contribution in [3.63, 3.8) is 0 Å². The number of fused-ring (bicyclic) bond motifs is 1. The van der Waals surface area contributed by atoms with Gasteiger partial charge in [-0.15, -0.1) is 0 Å². The normalized spacial score (nSPS) is 13.6. The van der Waals surface area contributed by atoms with Gasteiger partial charge in [0, 0.05) is 55.7 Å². The first-order valence-corrected chi connectivity index (χ1v) is 13.6. The van der Waals surface area contributed by atoms with E-state index in [0.717, 1.165) is 11.2 Å². The number of aryl methyl sites for hydroxylation is 1. The summed E-state index contributed by atoms with van der Waals surface area (Å²) in [7, 11) is 0. The van der Waals surface area contributed by atoms with E-state index in [1.165, 1.54) is 11.1 Å². The molecule has 1 N–H and O–H groups in total. The Morgan fingerprint density at radius 2 is 1.77 bits per heavy atom. The number of nitrogens with zero attached hydrogens (tertiary/aromatic N) is 7. The largest absolute Gasteiger partial charge is 0.364 e. The van der Waals surface area contributed by atoms with Crippen LogP contribution in [0, 0.1) is 6.92 Å². The molecule has 0 atom stereocenters. The van der Waals surface area contributed by atoms with Crippen molar-refractivity contribution >= 4 is 40.4 Å². The highest BCUT2D eigenvalue weighted by atomic mass is 35.5. The summed E-state index contributed by atoms with van der Waals surface area (Å²) in [5, 5.41) is 4.15. The second-order valence-electron chi connectivity index (χ2n) is 9.87. The van der Waals surface area contributed by atoms with Gasteiger partial charge in [-0.1, -0.05) is 59.6 Å². The molecular weight excluding hydrogens is 524 g/mol. The Labute approximate surface area is 237 Å². The number of rotatable bonds is 7. The van der Waals surface area contributed by atoms with Crippen molar-refractivity contribution in [3.8, 4) is 0 Å². The third kappa shape index (κ3) is 5.46. The molecule has 9 nitrogen and oxygen atoms in total. The Balaban J connectivity index is 1.29. The summed E-state index contributed by atoms with van der Waals surface area (Å²) in [5.74, 6) is 1.27. The predicted octanol–water partition coefficient (Wildman–Crippen LogP) is 4.81. The zero-order valence-corrected chi connectivity index (χ0v) is 22.9. The third-order valence-electron chi connectivity index (χ3n) is 7.07. The summed E-state index contributed by atoms with van der Waals surface area (Å²) in [6, 6.07) is 19.7. The first kappa shape index (κ1) is 25.8. The highest BCUT2D eigenvalue weighted by molar-refractivity contribution is 6.31. The highest BCUT2D eigenvalue weighted by Crippen LogP contribution is 2.26. The maximum atomic E-state index is 12.9. The van der Waals surface area contributed by atoms with Gasteiger partial charge in [0.05, 0.1) is 12.9 Å². The lowest BCUT2D eigenvalue weighted by Gasteiger charge is -2.35. The molecule has 2 aromatic carbocycles. The van der Waals surface area contributed by atoms with Gasteiger partial charge in [0.1, 0.15) is 0 Å². The van der Waals surface area contributed by atoms with Crippen LogP contribution in [0.3, 0.4) is 0 Å². The van der Waals surface area contributed by atoms with Crippen LogP contribution < -0.4 is 10.2 Å². The van der Waals surface area contributed by atoms with Crippen molar-refractivity contribution in [1.29, 1.82) is 0 Å². The maximum absolute atomic E-state index is 12.9. The average molecular weight is 553 g/mol. The lowest BCUT2D eigenvalue weighted by molar-refractivity contribution is 0.0746. The van der Waals surface area contributed by atoms with E-state index in [2.05, 4.69) is 51.0 Å². The number of pyridine rings is 1. The summed E-state index contributed by atoms with van der Waals surface area (Å²) in [6.07, 6.45) is 5.10. The second-order valence-corrected chi connectivity index (χ2v) is 10.3. The van der Waals surface area contributed by atoms with Gasteiger partial charge in [-0.3, -0.25) is 9.78 Å². The molecule has 10 heteroatoms. The van der Waals surface area contributed by atoms with Crippen LogP contribution in [0.2, 0.25) is 5.02 Å². The van der Waals surface area contributed by atoms with Crippen molar-refractivity contribution in [2.45, 2.75) is 20.0 Å². The van der Waals surface area contributed by atoms with Crippen molar-refractivity contribution < 1.29 is 4.79 Å². The molecule has 6 rings (SSSR count). The second kappa shape index (κ2) is 11.3. The molecule has 0 bridgehead atoms. The van der Waals surface area contributed by atoms with Gasteiger partial charge in [0.15, 0.2) is 17.0 Å². The van der Waals surface area contributed by atoms with Crippen molar-refractivity contribution in [2.24, 2.45) is 0 Å². The molecule has 0 saturated carbocycles. The maximum Gasteiger partial charge on any atom is 0.254 e. The summed E-state index contributed by atoms with van der Waals surface area (Å²) in [4.78, 5) is 35.5. The molecule has 1 fully saturated rings. The SMILES string of the molecule is Cc1cccc(Cn2cnc3c(NCc4ccccc4Cl)nc(N4CCN(C(=O)c5ccncc5)CC4)nc32)c1. The van der Waals surface area contributed by atoms with Crippen LogP contribution in [0.5, 0.6) is 0 Å². The lowest BCUT2D eigenvalue weighted by atomic mass is 10.1. The molecule has 0 spiro atoms. The first-order chi connectivity index (χ1) is 19.5. The Morgan fingerprint density at radius 1 is 0.975 bits per heavy atom. The minimum absolute atomic E-state index is 0.0109. The molecular formula is C30H29ClN8O. The van der Waals surface area contributed by atoms with Gasteiger partial charge < -0.3 is 19.7 Å². The monoisotopic (exact) mass is 552 g/mol. The number of aromatic nitrogens is 5. The van der Waals surface area contributed by atoms with Crippen LogP contribution in [0.15, 0.2) is 79.4 Å². The quantitative estimate of drug-likeness (QED) is 0.310. The number of piperazine rings is 1. The fraction of sp³-hybridized carbons (Fsp3) is 0.233. The zero-order chi connectivity index (χ0) is 27.5. The number of hydrogen-bond acceptors (Lipinski definition) is 7. The van der Waals surface area contributed by atoms with Crippen LogP contribution in [-0.4, -0.2) is 61.5 Å². The summed E-state index contributed by atoms with van der Waals surface area (Å²) < 4.78 is 2.05. The number of carbonyl (C=O) groups excluding carboxylic acids is 1. The number of benzene rings is 2. The van der Waals surface area contributed by atoms with E-state index < -0.39 is 0 Å². The van der Waals surface area contributed by atoms with E-state index in [9.17, 15) is 4.79 Å². The molecule has 3 aromatic heterocycles. The van der Waals surface area contributed by atoms with Gasteiger partial charge in [-0.2, -0.15) is 9.97 Å². The van der Waals surface area contributed by atoms with Crippen LogP contribution in [0.1, 0.15) is 27.0 Å². The standard InChI is InChI=1S/C30H29ClN8O/c1-21-5-4-6-22(17-21)19-39-20-34-26-27(33-18-24-7-2-3-8-25(24)31)35-30(36-28(26)39)38-15-13-37(14-16-38)29(40)23-9-11-32-12-10-23/h2-12,17,20H,13-16,18-19H2,1H3,(H,33,35,36). The van der Waals surface area contributed by atoms with Crippen LogP contribution >= 0.6 is 11.6 Å². The smallest absolute Gasteiger partial charge is 0.254 e. The van der Waals surface area contributed by atoms with E-state index in [0.29, 0.717) is 67.1 Å². The minimum atomic E-state index is 0.0109. The summed E-state index contributed by atoms with van der Waals surface area (Å²) >= 11 is 6.42. The van der Waals surface area contributed by atoms with Gasteiger partial charge in [-0.05, 0) is 36.2 Å². The lowest BCUT2D eigenvalue weighted by Crippen LogP contribution is -2.49. The number of imidazole rings is 1. The molecule has 1 aliphatic heterocycles. The van der Waals surface area contributed by atoms with Crippen LogP contribution in [0.4, 0.5) is 11.8 Å². The predicted molar refractivity (Wildman–Crippen MR) is 157 cm³/mol. The summed E-state index contributed by atoms with van der Waals surface area (Å²) in [6.45, 7) is 5.64. The Bertz CT molecular complexity index is 1650. The molecule has 0 aliphatic carbocycles. The van der Waals surface area contributed by atoms with Crippen LogP contribution in [0.25, 0.3) is 11.2 Å². The molecule has 40 heavy (non-hydrogen) atoms. The van der Waals surface area contributed by atoms with E-state index in [4.69, 9.17) is 26.6 Å². The number of carbonyl (C=O) groups is 1. The van der Waals surface area contributed by atoms with E-state index in [1.807, 2.05) is 35.5 Å². The van der Waals surface area contributed by atoms with E-state index >= 15 is 0 Å². The first-order valence-electron chi connectivity index (χ1n) is 13.2. The number of anilines is 2. The van der Waals surface area contributed by atoms with Crippen molar-refractivity contribution in [2.75, 3.05) is 36.4 Å². The van der Waals surface area contributed by atoms with E-state index in [1.54, 1.807) is 24.5 Å². The Morgan fingerprint density at radius 3 is 2.55 bits per heavy atom. The average Bonchev–Trinajstić information content (AvgIpc) is 3.39. The topological polar surface area (TPSA) is 92.1 Å². The van der Waals surface area contributed by atoms with Gasteiger partial charge in [0.25, 0.3) is 5.91 Å². The van der Waals surface area contributed by atoms with Crippen LogP contribution in [-0.2, 0) is 13.1 Å². The van der Waals surface area contributed by atoms with E-state index in [-0.39, 0.29) is 5.91 Å². The molecule has 1 amide bonds. The van der Waals surface area contributed by atoms with Gasteiger partial charge in [-0.25, -0.2) is 4.98 Å². The number of nitrogens with one attached hydrogen (secondary N) is 1. The fourth-order valence-corrected chi connectivity index (χ4v) is 5.13. The van der Waals surface area contributed by atoms with Crippen molar-refractivity contribution in [3.05, 3.63) is 107 Å². The number of amides is 1. The minimum Gasteiger partial charge on any atom is -0.364 e. The zero-order valence-electron chi connectivity index (χ0n) is 22.2. The van der Waals surface area contributed by atoms with Gasteiger partial charge in [0.2, 0.25) is 5.95 Å². The molecule has 5 aromatic rings. The highest BCUT2D eigenvalue weighted by Gasteiger charge is 2.25. The molecule has 1 aliphatic rings. The van der Waals surface area contributed by atoms with Crippen molar-refractivity contribution in [1.82, 2.24) is 29.4 Å². The summed E-state index contributed by atoms with van der Waals surface area (Å²) in [5.41, 5.74) is 5.46. The Kier molecular flexibility index (Phi) is 7.29. The molecule has 202 valence electrons. The molecule has 1 saturated heterocycles. The molecule has 0 radical (unpaired) electrons.